The lowest BCUT2D eigenvalue weighted by Crippen LogP contribution is -2.13. The summed E-state index contributed by atoms with van der Waals surface area (Å²) in [7, 11) is 2.90. The molecule has 0 saturated carbocycles. The second-order valence-corrected chi connectivity index (χ2v) is 7.28. The summed E-state index contributed by atoms with van der Waals surface area (Å²) < 4.78 is 10.0. The molecule has 5 nitrogen and oxygen atoms in total. The van der Waals surface area contributed by atoms with Gasteiger partial charge in [-0.05, 0) is 35.9 Å². The SMILES string of the molecule is COC(=O)c1cc([C@@H](C)c2ccccc2)sc1NC(=O)c1ccc(OC)cc1. The first-order chi connectivity index (χ1) is 13.5. The third kappa shape index (κ3) is 4.23. The summed E-state index contributed by atoms with van der Waals surface area (Å²) >= 11 is 1.38. The molecule has 0 unspecified atom stereocenters. The first-order valence-corrected chi connectivity index (χ1v) is 9.57. The maximum Gasteiger partial charge on any atom is 0.340 e. The van der Waals surface area contributed by atoms with E-state index in [1.54, 1.807) is 37.4 Å². The van der Waals surface area contributed by atoms with Gasteiger partial charge in [-0.15, -0.1) is 11.3 Å². The molecule has 0 aliphatic rings. The highest BCUT2D eigenvalue weighted by atomic mass is 32.1. The van der Waals surface area contributed by atoms with Gasteiger partial charge in [-0.1, -0.05) is 37.3 Å². The van der Waals surface area contributed by atoms with Gasteiger partial charge in [0.25, 0.3) is 5.91 Å². The molecule has 3 aromatic rings. The zero-order valence-electron chi connectivity index (χ0n) is 15.9. The van der Waals surface area contributed by atoms with E-state index in [0.29, 0.717) is 21.9 Å². The standard InChI is InChI=1S/C22H21NO4S/c1-14(15-7-5-4-6-8-15)19-13-18(22(25)27-3)21(28-19)23-20(24)16-9-11-17(26-2)12-10-16/h4-14H,1-3H3,(H,23,24)/t14-/m0/s1. The van der Waals surface area contributed by atoms with Crippen LogP contribution in [0.1, 0.15) is 44.0 Å². The Labute approximate surface area is 167 Å². The molecule has 144 valence electrons. The molecule has 0 aliphatic heterocycles. The molecule has 0 bridgehead atoms. The predicted octanol–water partition coefficient (Wildman–Crippen LogP) is 4.95. The van der Waals surface area contributed by atoms with Crippen molar-refractivity contribution in [3.63, 3.8) is 0 Å². The number of rotatable bonds is 6. The summed E-state index contributed by atoms with van der Waals surface area (Å²) in [6.07, 6.45) is 0. The van der Waals surface area contributed by atoms with Crippen molar-refractivity contribution in [2.75, 3.05) is 19.5 Å². The van der Waals surface area contributed by atoms with Gasteiger partial charge >= 0.3 is 5.97 Å². The van der Waals surface area contributed by atoms with Crippen LogP contribution in [0.15, 0.2) is 60.7 Å². The Morgan fingerprint density at radius 1 is 1.00 bits per heavy atom. The number of anilines is 1. The lowest BCUT2D eigenvalue weighted by molar-refractivity contribution is 0.0602. The number of carbonyl (C=O) groups excluding carboxylic acids is 2. The smallest absolute Gasteiger partial charge is 0.340 e. The number of nitrogens with one attached hydrogen (secondary N) is 1. The van der Waals surface area contributed by atoms with Crippen molar-refractivity contribution in [1.29, 1.82) is 0 Å². The highest BCUT2D eigenvalue weighted by Gasteiger charge is 2.22. The van der Waals surface area contributed by atoms with Crippen molar-refractivity contribution < 1.29 is 19.1 Å². The highest BCUT2D eigenvalue weighted by molar-refractivity contribution is 7.16. The number of carbonyl (C=O) groups is 2. The second-order valence-electron chi connectivity index (χ2n) is 6.20. The van der Waals surface area contributed by atoms with Crippen LogP contribution in [0.4, 0.5) is 5.00 Å². The minimum atomic E-state index is -0.479. The van der Waals surface area contributed by atoms with E-state index in [4.69, 9.17) is 9.47 Å². The lowest BCUT2D eigenvalue weighted by atomic mass is 9.99. The highest BCUT2D eigenvalue weighted by Crippen LogP contribution is 2.36. The number of amides is 1. The van der Waals surface area contributed by atoms with Crippen LogP contribution in [-0.2, 0) is 4.74 Å². The van der Waals surface area contributed by atoms with Crippen LogP contribution < -0.4 is 10.1 Å². The van der Waals surface area contributed by atoms with Crippen LogP contribution in [0.5, 0.6) is 5.75 Å². The third-order valence-electron chi connectivity index (χ3n) is 4.46. The van der Waals surface area contributed by atoms with Crippen molar-refractivity contribution in [3.8, 4) is 5.75 Å². The molecule has 0 aliphatic carbocycles. The summed E-state index contributed by atoms with van der Waals surface area (Å²) in [6.45, 7) is 2.07. The number of methoxy groups -OCH3 is 2. The molecule has 1 heterocycles. The van der Waals surface area contributed by atoms with E-state index in [0.717, 1.165) is 10.4 Å². The van der Waals surface area contributed by atoms with Gasteiger partial charge in [-0.3, -0.25) is 4.79 Å². The quantitative estimate of drug-likeness (QED) is 0.600. The van der Waals surface area contributed by atoms with Crippen LogP contribution in [0.3, 0.4) is 0 Å². The summed E-state index contributed by atoms with van der Waals surface area (Å²) in [5.74, 6) is -0.0236. The van der Waals surface area contributed by atoms with Gasteiger partial charge in [0.1, 0.15) is 10.8 Å². The van der Waals surface area contributed by atoms with Crippen molar-refractivity contribution >= 4 is 28.2 Å². The third-order valence-corrected chi connectivity index (χ3v) is 5.70. The molecular formula is C22H21NO4S. The van der Waals surface area contributed by atoms with Gasteiger partial charge in [-0.25, -0.2) is 4.79 Å². The molecule has 1 atom stereocenters. The normalized spacial score (nSPS) is 11.5. The minimum Gasteiger partial charge on any atom is -0.497 e. The Hall–Kier alpha value is -3.12. The summed E-state index contributed by atoms with van der Waals surface area (Å²) in [6, 6.07) is 18.6. The molecule has 3 rings (SSSR count). The molecule has 1 N–H and O–H groups in total. The zero-order chi connectivity index (χ0) is 20.1. The topological polar surface area (TPSA) is 64.6 Å². The second kappa shape index (κ2) is 8.71. The summed E-state index contributed by atoms with van der Waals surface area (Å²) in [4.78, 5) is 25.8. The Morgan fingerprint density at radius 3 is 2.29 bits per heavy atom. The van der Waals surface area contributed by atoms with Crippen LogP contribution in [0.25, 0.3) is 0 Å². The number of benzene rings is 2. The van der Waals surface area contributed by atoms with E-state index in [1.807, 2.05) is 30.3 Å². The van der Waals surface area contributed by atoms with Crippen LogP contribution in [0.2, 0.25) is 0 Å². The zero-order valence-corrected chi connectivity index (χ0v) is 16.7. The molecule has 0 spiro atoms. The molecule has 0 fully saturated rings. The molecule has 1 amide bonds. The van der Waals surface area contributed by atoms with E-state index >= 15 is 0 Å². The van der Waals surface area contributed by atoms with E-state index < -0.39 is 5.97 Å². The van der Waals surface area contributed by atoms with E-state index in [2.05, 4.69) is 12.2 Å². The lowest BCUT2D eigenvalue weighted by Gasteiger charge is -2.09. The van der Waals surface area contributed by atoms with Crippen LogP contribution in [-0.4, -0.2) is 26.1 Å². The van der Waals surface area contributed by atoms with E-state index in [1.165, 1.54) is 18.4 Å². The van der Waals surface area contributed by atoms with E-state index in [-0.39, 0.29) is 11.8 Å². The fourth-order valence-corrected chi connectivity index (χ4v) is 3.92. The van der Waals surface area contributed by atoms with Gasteiger partial charge in [-0.2, -0.15) is 0 Å². The summed E-state index contributed by atoms with van der Waals surface area (Å²) in [5.41, 5.74) is 1.96. The fraction of sp³-hybridized carbons (Fsp3) is 0.182. The molecule has 0 saturated heterocycles. The number of ether oxygens (including phenoxy) is 2. The van der Waals surface area contributed by atoms with Crippen molar-refractivity contribution in [3.05, 3.63) is 82.2 Å². The van der Waals surface area contributed by atoms with Crippen LogP contribution >= 0.6 is 11.3 Å². The average Bonchev–Trinajstić information content (AvgIpc) is 3.17. The Morgan fingerprint density at radius 2 is 1.68 bits per heavy atom. The molecule has 2 aromatic carbocycles. The van der Waals surface area contributed by atoms with Crippen molar-refractivity contribution in [2.24, 2.45) is 0 Å². The fourth-order valence-electron chi connectivity index (χ4n) is 2.80. The first-order valence-electron chi connectivity index (χ1n) is 8.76. The number of thiophene rings is 1. The average molecular weight is 395 g/mol. The molecule has 6 heteroatoms. The van der Waals surface area contributed by atoms with Gasteiger partial charge in [0.2, 0.25) is 0 Å². The monoisotopic (exact) mass is 395 g/mol. The summed E-state index contributed by atoms with van der Waals surface area (Å²) in [5, 5.41) is 3.32. The Kier molecular flexibility index (Phi) is 6.11. The first kappa shape index (κ1) is 19.6. The van der Waals surface area contributed by atoms with Gasteiger partial charge in [0, 0.05) is 16.4 Å². The molecule has 0 radical (unpaired) electrons. The molecular weight excluding hydrogens is 374 g/mol. The number of esters is 1. The van der Waals surface area contributed by atoms with Crippen molar-refractivity contribution in [1.82, 2.24) is 0 Å². The largest absolute Gasteiger partial charge is 0.497 e. The molecule has 28 heavy (non-hydrogen) atoms. The molecule has 1 aromatic heterocycles. The predicted molar refractivity (Wildman–Crippen MR) is 111 cm³/mol. The maximum atomic E-state index is 12.6. The Bertz CT molecular complexity index is 964. The van der Waals surface area contributed by atoms with Crippen molar-refractivity contribution in [2.45, 2.75) is 12.8 Å². The van der Waals surface area contributed by atoms with Gasteiger partial charge in [0.05, 0.1) is 19.8 Å². The Balaban J connectivity index is 1.89. The minimum absolute atomic E-state index is 0.0845. The van der Waals surface area contributed by atoms with Gasteiger partial charge in [0.15, 0.2) is 0 Å². The maximum absolute atomic E-state index is 12.6. The van der Waals surface area contributed by atoms with Crippen LogP contribution in [0, 0.1) is 0 Å². The number of hydrogen-bond acceptors (Lipinski definition) is 5. The van der Waals surface area contributed by atoms with E-state index in [9.17, 15) is 9.59 Å². The van der Waals surface area contributed by atoms with Gasteiger partial charge < -0.3 is 14.8 Å². The number of hydrogen-bond donors (Lipinski definition) is 1.